The molecular weight excluding hydrogens is 606 g/mol. The minimum Gasteiger partial charge on any atom is -0.465 e. The van der Waals surface area contributed by atoms with E-state index in [1.165, 1.54) is 0 Å². The zero-order valence-electron chi connectivity index (χ0n) is 23.7. The van der Waals surface area contributed by atoms with Crippen LogP contribution >= 0.6 is 0 Å². The summed E-state index contributed by atoms with van der Waals surface area (Å²) in [5.74, 6) is -4.89. The van der Waals surface area contributed by atoms with Crippen LogP contribution < -0.4 is 5.32 Å². The molecule has 3 heterocycles. The van der Waals surface area contributed by atoms with Gasteiger partial charge in [-0.25, -0.2) is 4.79 Å². The summed E-state index contributed by atoms with van der Waals surface area (Å²) >= 11 is 0. The largest absolute Gasteiger partial charge is 0.465 e. The third-order valence-corrected chi connectivity index (χ3v) is 7.64. The Morgan fingerprint density at radius 1 is 0.909 bits per heavy atom. The number of ether oxygens (including phenoxy) is 6. The molecule has 256 valence electrons. The van der Waals surface area contributed by atoms with Gasteiger partial charge in [0.15, 0.2) is 12.6 Å². The van der Waals surface area contributed by atoms with E-state index in [9.17, 15) is 65.8 Å². The number of carbonyl (C=O) groups excluding carboxylic acids is 2. The molecule has 20 nitrogen and oxygen atoms in total. The zero-order chi connectivity index (χ0) is 33.1. The molecule has 44 heavy (non-hydrogen) atoms. The number of methoxy groups -OCH3 is 1. The van der Waals surface area contributed by atoms with E-state index < -0.39 is 136 Å². The van der Waals surface area contributed by atoms with Gasteiger partial charge in [-0.2, -0.15) is 0 Å². The van der Waals surface area contributed by atoms with Crippen LogP contribution in [0.5, 0.6) is 0 Å². The molecule has 12 N–H and O–H groups in total. The molecule has 0 spiro atoms. The molecule has 3 rings (SSSR count). The summed E-state index contributed by atoms with van der Waals surface area (Å²) in [6.07, 6.45) is -27.1. The fourth-order valence-electron chi connectivity index (χ4n) is 5.31. The number of nitrogens with one attached hydrogen (secondary N) is 1. The maximum absolute atomic E-state index is 13.1. The lowest BCUT2D eigenvalue weighted by atomic mass is 9.88. The van der Waals surface area contributed by atoms with Crippen molar-refractivity contribution in [2.45, 2.75) is 111 Å². The fraction of sp³-hybridized carbons (Fsp3) is 0.917. The van der Waals surface area contributed by atoms with Crippen molar-refractivity contribution in [3.8, 4) is 0 Å². The number of aliphatic hydroxyl groups excluding tert-OH is 11. The van der Waals surface area contributed by atoms with Gasteiger partial charge in [0.05, 0.1) is 39.1 Å². The fourth-order valence-corrected chi connectivity index (χ4v) is 5.31. The van der Waals surface area contributed by atoms with Gasteiger partial charge < -0.3 is 89.9 Å². The van der Waals surface area contributed by atoms with Gasteiger partial charge in [0.1, 0.15) is 67.1 Å². The van der Waals surface area contributed by atoms with Crippen LogP contribution in [-0.4, -0.2) is 193 Å². The Balaban J connectivity index is 1.98. The summed E-state index contributed by atoms with van der Waals surface area (Å²) < 4.78 is 32.2. The van der Waals surface area contributed by atoms with Crippen LogP contribution in [0.2, 0.25) is 0 Å². The van der Waals surface area contributed by atoms with Crippen molar-refractivity contribution in [1.82, 2.24) is 5.32 Å². The third kappa shape index (κ3) is 7.47. The summed E-state index contributed by atoms with van der Waals surface area (Å²) in [6, 6.07) is -1.49. The van der Waals surface area contributed by atoms with Crippen molar-refractivity contribution < 1.29 is 94.2 Å². The molecule has 0 aromatic rings. The normalized spacial score (nSPS) is 44.4. The maximum Gasteiger partial charge on any atom is 0.366 e. The summed E-state index contributed by atoms with van der Waals surface area (Å²) in [4.78, 5) is 24.9. The van der Waals surface area contributed by atoms with Gasteiger partial charge in [-0.1, -0.05) is 0 Å². The molecule has 3 saturated heterocycles. The second-order valence-electron chi connectivity index (χ2n) is 10.7. The molecule has 3 aliphatic heterocycles. The van der Waals surface area contributed by atoms with E-state index in [0.29, 0.717) is 0 Å². The van der Waals surface area contributed by atoms with Crippen molar-refractivity contribution in [1.29, 1.82) is 0 Å². The van der Waals surface area contributed by atoms with Crippen molar-refractivity contribution >= 4 is 11.9 Å². The molecule has 16 atom stereocenters. The first-order chi connectivity index (χ1) is 20.7. The van der Waals surface area contributed by atoms with Gasteiger partial charge in [-0.3, -0.25) is 4.79 Å². The van der Waals surface area contributed by atoms with Gasteiger partial charge in [0.25, 0.3) is 5.79 Å². The summed E-state index contributed by atoms with van der Waals surface area (Å²) in [6.45, 7) is -1.74. The van der Waals surface area contributed by atoms with E-state index in [4.69, 9.17) is 28.4 Å². The Labute approximate surface area is 249 Å². The predicted octanol–water partition coefficient (Wildman–Crippen LogP) is -8.14. The quantitative estimate of drug-likeness (QED) is 0.0926. The van der Waals surface area contributed by atoms with Gasteiger partial charge >= 0.3 is 5.97 Å². The highest BCUT2D eigenvalue weighted by Crippen LogP contribution is 2.38. The average molecular weight is 648 g/mol. The molecule has 20 heteroatoms. The number of esters is 1. The molecule has 1 amide bonds. The first-order valence-electron chi connectivity index (χ1n) is 13.6. The first-order valence-corrected chi connectivity index (χ1v) is 13.6. The SMILES string of the molecule is COC(=O)[C@@]1(O[C@H]2[C@@H](O)[C@@H](CO)O[C@@H](O[C@H]3[C@H](O)[C@@H](O)[C@H](O)O[C@@H]3CO)[C@@H]2O)C[C@H](O)[C@@H](NC(C)=O)[C@H]([C@H](O)[C@H](O)CO)O1. The lowest BCUT2D eigenvalue weighted by Crippen LogP contribution is -2.71. The third-order valence-electron chi connectivity index (χ3n) is 7.64. The molecule has 0 aromatic heterocycles. The van der Waals surface area contributed by atoms with Gasteiger partial charge in [0, 0.05) is 13.3 Å². The van der Waals surface area contributed by atoms with Crippen molar-refractivity contribution in [3.63, 3.8) is 0 Å². The maximum atomic E-state index is 13.1. The van der Waals surface area contributed by atoms with E-state index in [0.717, 1.165) is 14.0 Å². The molecule has 0 bridgehead atoms. The van der Waals surface area contributed by atoms with Crippen LogP contribution in [0.15, 0.2) is 0 Å². The summed E-state index contributed by atoms with van der Waals surface area (Å²) in [5.41, 5.74) is 0. The highest BCUT2D eigenvalue weighted by Gasteiger charge is 2.60. The topological polar surface area (TPSA) is 324 Å². The van der Waals surface area contributed by atoms with Crippen LogP contribution in [-0.2, 0) is 38.0 Å². The lowest BCUT2D eigenvalue weighted by Gasteiger charge is -2.50. The van der Waals surface area contributed by atoms with Crippen molar-refractivity contribution in [2.75, 3.05) is 26.9 Å². The number of amides is 1. The Hall–Kier alpha value is -1.70. The Morgan fingerprint density at radius 2 is 1.55 bits per heavy atom. The van der Waals surface area contributed by atoms with Crippen molar-refractivity contribution in [2.24, 2.45) is 0 Å². The highest BCUT2D eigenvalue weighted by molar-refractivity contribution is 5.78. The van der Waals surface area contributed by atoms with E-state index in [2.05, 4.69) is 5.32 Å². The van der Waals surface area contributed by atoms with Crippen LogP contribution in [0.4, 0.5) is 0 Å². The molecule has 0 unspecified atom stereocenters. The second kappa shape index (κ2) is 15.3. The van der Waals surface area contributed by atoms with Crippen LogP contribution in [0.25, 0.3) is 0 Å². The standard InChI is InChI=1S/C24H41NO19/c1-7(29)25-12-8(30)3-24(23(38)39-2,43-19(12)13(32)9(31)4-26)44-20-14(33)10(5-27)41-22(17(20)36)42-18-11(6-28)40-21(37)16(35)15(18)34/h8-22,26-28,30-37H,3-6H2,1-2H3,(H,25,29)/t8-,9+,10+,11+,12+,13+,14-,15+,16+,17+,18+,19+,20-,21+,22-,24-/m0/s1. The molecule has 0 radical (unpaired) electrons. The van der Waals surface area contributed by atoms with Crippen molar-refractivity contribution in [3.05, 3.63) is 0 Å². The molecule has 0 aliphatic carbocycles. The Kier molecular flexibility index (Phi) is 12.8. The molecule has 3 aliphatic rings. The van der Waals surface area contributed by atoms with E-state index in [1.54, 1.807) is 0 Å². The van der Waals surface area contributed by atoms with Gasteiger partial charge in [-0.05, 0) is 0 Å². The van der Waals surface area contributed by atoms with E-state index >= 15 is 0 Å². The number of hydrogen-bond acceptors (Lipinski definition) is 19. The van der Waals surface area contributed by atoms with Crippen LogP contribution in [0, 0.1) is 0 Å². The van der Waals surface area contributed by atoms with Gasteiger partial charge in [-0.15, -0.1) is 0 Å². The molecule has 0 saturated carbocycles. The molecular formula is C24H41NO19. The Bertz CT molecular complexity index is 958. The number of rotatable bonds is 11. The monoisotopic (exact) mass is 647 g/mol. The smallest absolute Gasteiger partial charge is 0.366 e. The second-order valence-corrected chi connectivity index (χ2v) is 10.7. The number of hydrogen-bond donors (Lipinski definition) is 12. The Morgan fingerprint density at radius 3 is 2.09 bits per heavy atom. The van der Waals surface area contributed by atoms with E-state index in [-0.39, 0.29) is 0 Å². The first kappa shape index (κ1) is 36.8. The molecule has 3 fully saturated rings. The number of carbonyl (C=O) groups is 2. The van der Waals surface area contributed by atoms with Crippen LogP contribution in [0.1, 0.15) is 13.3 Å². The summed E-state index contributed by atoms with van der Waals surface area (Å²) in [5, 5.41) is 115. The van der Waals surface area contributed by atoms with Gasteiger partial charge in [0.2, 0.25) is 5.91 Å². The predicted molar refractivity (Wildman–Crippen MR) is 134 cm³/mol. The van der Waals surface area contributed by atoms with Crippen LogP contribution in [0.3, 0.4) is 0 Å². The minimum absolute atomic E-state index is 0.714. The molecule has 0 aromatic carbocycles. The highest BCUT2D eigenvalue weighted by atomic mass is 16.8. The zero-order valence-corrected chi connectivity index (χ0v) is 23.7. The average Bonchev–Trinajstić information content (AvgIpc) is 3.00. The minimum atomic E-state index is -2.79. The van der Waals surface area contributed by atoms with E-state index in [1.807, 2.05) is 0 Å². The lowest BCUT2D eigenvalue weighted by molar-refractivity contribution is -0.385. The summed E-state index contributed by atoms with van der Waals surface area (Å²) in [7, 11) is 0.885. The number of aliphatic hydroxyl groups is 11.